The van der Waals surface area contributed by atoms with Gasteiger partial charge in [-0.3, -0.25) is 15.0 Å². The van der Waals surface area contributed by atoms with Crippen LogP contribution < -0.4 is 5.43 Å². The molecule has 19 heavy (non-hydrogen) atoms. The number of hydrazine groups is 1. The molecular formula is C13H24N2O4. The summed E-state index contributed by atoms with van der Waals surface area (Å²) in [4.78, 5) is 23.0. The van der Waals surface area contributed by atoms with Gasteiger partial charge in [-0.25, -0.2) is 5.01 Å². The molecule has 0 radical (unpaired) electrons. The molecule has 6 nitrogen and oxygen atoms in total. The largest absolute Gasteiger partial charge is 0.465 e. The normalized spacial score (nSPS) is 15.7. The van der Waals surface area contributed by atoms with Crippen molar-refractivity contribution in [2.24, 2.45) is 0 Å². The van der Waals surface area contributed by atoms with Crippen molar-refractivity contribution in [2.45, 2.75) is 45.6 Å². The maximum Gasteiger partial charge on any atom is 0.321 e. The van der Waals surface area contributed by atoms with E-state index in [-0.39, 0.29) is 25.0 Å². The van der Waals surface area contributed by atoms with Gasteiger partial charge in [-0.05, 0) is 26.7 Å². The van der Waals surface area contributed by atoms with Gasteiger partial charge in [0.05, 0.1) is 13.2 Å². The second-order valence-corrected chi connectivity index (χ2v) is 4.58. The van der Waals surface area contributed by atoms with E-state index in [4.69, 9.17) is 9.47 Å². The standard InChI is InChI=1S/C13H24N2O4/c1-3-18-12(16)9-15(10-13(17)19-4-2)14-11-7-5-6-8-11/h11,14H,3-10H2,1-2H3. The zero-order chi connectivity index (χ0) is 14.1. The van der Waals surface area contributed by atoms with Crippen molar-refractivity contribution < 1.29 is 19.1 Å². The topological polar surface area (TPSA) is 67.9 Å². The Morgan fingerprint density at radius 1 is 1.05 bits per heavy atom. The first-order valence-electron chi connectivity index (χ1n) is 6.98. The highest BCUT2D eigenvalue weighted by Gasteiger charge is 2.21. The first-order valence-corrected chi connectivity index (χ1v) is 6.98. The van der Waals surface area contributed by atoms with Gasteiger partial charge in [-0.2, -0.15) is 0 Å². The Morgan fingerprint density at radius 3 is 1.95 bits per heavy atom. The highest BCUT2D eigenvalue weighted by Crippen LogP contribution is 2.17. The number of rotatable bonds is 8. The van der Waals surface area contributed by atoms with Gasteiger partial charge >= 0.3 is 11.9 Å². The van der Waals surface area contributed by atoms with Crippen LogP contribution in [-0.4, -0.2) is 49.3 Å². The van der Waals surface area contributed by atoms with E-state index in [1.807, 2.05) is 0 Å². The van der Waals surface area contributed by atoms with E-state index in [0.717, 1.165) is 12.8 Å². The molecule has 1 aliphatic rings. The summed E-state index contributed by atoms with van der Waals surface area (Å²) in [6.45, 7) is 4.33. The van der Waals surface area contributed by atoms with E-state index in [1.54, 1.807) is 18.9 Å². The predicted molar refractivity (Wildman–Crippen MR) is 70.2 cm³/mol. The third-order valence-corrected chi connectivity index (χ3v) is 2.97. The molecule has 0 saturated heterocycles. The third-order valence-electron chi connectivity index (χ3n) is 2.97. The molecule has 0 aliphatic heterocycles. The van der Waals surface area contributed by atoms with E-state index in [2.05, 4.69) is 5.43 Å². The smallest absolute Gasteiger partial charge is 0.321 e. The van der Waals surface area contributed by atoms with Gasteiger partial charge < -0.3 is 9.47 Å². The number of hydrogen-bond donors (Lipinski definition) is 1. The molecule has 0 aromatic rings. The van der Waals surface area contributed by atoms with E-state index in [1.165, 1.54) is 12.8 Å². The molecule has 1 saturated carbocycles. The number of hydrogen-bond acceptors (Lipinski definition) is 6. The number of esters is 2. The van der Waals surface area contributed by atoms with Crippen LogP contribution in [-0.2, 0) is 19.1 Å². The van der Waals surface area contributed by atoms with Gasteiger partial charge in [0.2, 0.25) is 0 Å². The van der Waals surface area contributed by atoms with E-state index >= 15 is 0 Å². The second kappa shape index (κ2) is 8.87. The monoisotopic (exact) mass is 272 g/mol. The third kappa shape index (κ3) is 6.54. The summed E-state index contributed by atoms with van der Waals surface area (Å²) in [7, 11) is 0. The van der Waals surface area contributed by atoms with Crippen molar-refractivity contribution >= 4 is 11.9 Å². The van der Waals surface area contributed by atoms with Gasteiger partial charge in [0.15, 0.2) is 0 Å². The summed E-state index contributed by atoms with van der Waals surface area (Å²) in [6.07, 6.45) is 4.51. The quantitative estimate of drug-likeness (QED) is 0.522. The number of ether oxygens (including phenoxy) is 2. The minimum absolute atomic E-state index is 0.0587. The van der Waals surface area contributed by atoms with E-state index in [9.17, 15) is 9.59 Å². The molecule has 0 atom stereocenters. The molecule has 0 heterocycles. The summed E-state index contributed by atoms with van der Waals surface area (Å²) in [5, 5.41) is 1.60. The van der Waals surface area contributed by atoms with E-state index < -0.39 is 0 Å². The Labute approximate surface area is 114 Å². The van der Waals surface area contributed by atoms with Crippen molar-refractivity contribution in [2.75, 3.05) is 26.3 Å². The van der Waals surface area contributed by atoms with Crippen molar-refractivity contribution in [3.05, 3.63) is 0 Å². The summed E-state index contributed by atoms with van der Waals surface area (Å²) < 4.78 is 9.81. The lowest BCUT2D eigenvalue weighted by Crippen LogP contribution is -2.49. The van der Waals surface area contributed by atoms with Crippen LogP contribution in [0, 0.1) is 0 Å². The SMILES string of the molecule is CCOC(=O)CN(CC(=O)OCC)NC1CCCC1. The molecule has 0 aromatic heterocycles. The summed E-state index contributed by atoms with van der Waals surface area (Å²) in [5.41, 5.74) is 3.23. The molecule has 0 spiro atoms. The summed E-state index contributed by atoms with van der Waals surface area (Å²) in [5.74, 6) is -0.672. The maximum atomic E-state index is 11.5. The minimum atomic E-state index is -0.336. The Morgan fingerprint density at radius 2 is 1.53 bits per heavy atom. The Bertz CT molecular complexity index is 270. The Hall–Kier alpha value is -1.14. The predicted octanol–water partition coefficient (Wildman–Crippen LogP) is 0.862. The zero-order valence-electron chi connectivity index (χ0n) is 11.8. The molecule has 1 rings (SSSR count). The number of carbonyl (C=O) groups is 2. The fourth-order valence-electron chi connectivity index (χ4n) is 2.19. The van der Waals surface area contributed by atoms with Crippen LogP contribution in [0.2, 0.25) is 0 Å². The molecule has 0 bridgehead atoms. The molecule has 0 unspecified atom stereocenters. The van der Waals surface area contributed by atoms with Gasteiger partial charge in [-0.15, -0.1) is 0 Å². The summed E-state index contributed by atoms with van der Waals surface area (Å²) >= 11 is 0. The average Bonchev–Trinajstić information content (AvgIpc) is 2.82. The van der Waals surface area contributed by atoms with Gasteiger partial charge in [0.25, 0.3) is 0 Å². The van der Waals surface area contributed by atoms with Crippen LogP contribution in [0.1, 0.15) is 39.5 Å². The Kier molecular flexibility index (Phi) is 7.43. The molecule has 1 aliphatic carbocycles. The minimum Gasteiger partial charge on any atom is -0.465 e. The van der Waals surface area contributed by atoms with Gasteiger partial charge in [0.1, 0.15) is 13.1 Å². The highest BCUT2D eigenvalue weighted by atomic mass is 16.5. The lowest BCUT2D eigenvalue weighted by Gasteiger charge is -2.25. The fourth-order valence-corrected chi connectivity index (χ4v) is 2.19. The van der Waals surface area contributed by atoms with Crippen LogP contribution in [0.3, 0.4) is 0 Å². The number of nitrogens with zero attached hydrogens (tertiary/aromatic N) is 1. The van der Waals surface area contributed by atoms with E-state index in [0.29, 0.717) is 19.3 Å². The average molecular weight is 272 g/mol. The van der Waals surface area contributed by atoms with Gasteiger partial charge in [-0.1, -0.05) is 12.8 Å². The van der Waals surface area contributed by atoms with Gasteiger partial charge in [0, 0.05) is 6.04 Å². The van der Waals surface area contributed by atoms with Crippen molar-refractivity contribution in [3.63, 3.8) is 0 Å². The molecule has 6 heteroatoms. The first kappa shape index (κ1) is 15.9. The number of carbonyl (C=O) groups excluding carboxylic acids is 2. The molecule has 0 aromatic carbocycles. The van der Waals surface area contributed by atoms with Crippen LogP contribution >= 0.6 is 0 Å². The lowest BCUT2D eigenvalue weighted by molar-refractivity contribution is -0.149. The van der Waals surface area contributed by atoms with Crippen molar-refractivity contribution in [3.8, 4) is 0 Å². The van der Waals surface area contributed by atoms with Crippen LogP contribution in [0.4, 0.5) is 0 Å². The molecule has 110 valence electrons. The van der Waals surface area contributed by atoms with Crippen LogP contribution in [0.15, 0.2) is 0 Å². The molecule has 1 N–H and O–H groups in total. The lowest BCUT2D eigenvalue weighted by atomic mass is 10.3. The van der Waals surface area contributed by atoms with Crippen molar-refractivity contribution in [1.29, 1.82) is 0 Å². The van der Waals surface area contributed by atoms with Crippen LogP contribution in [0.25, 0.3) is 0 Å². The van der Waals surface area contributed by atoms with Crippen molar-refractivity contribution in [1.82, 2.24) is 10.4 Å². The fraction of sp³-hybridized carbons (Fsp3) is 0.846. The zero-order valence-corrected chi connectivity index (χ0v) is 11.8. The summed E-state index contributed by atoms with van der Waals surface area (Å²) in [6, 6.07) is 0.337. The highest BCUT2D eigenvalue weighted by molar-refractivity contribution is 5.74. The molecule has 1 fully saturated rings. The molecular weight excluding hydrogens is 248 g/mol. The molecule has 0 amide bonds. The Balaban J connectivity index is 2.45. The first-order chi connectivity index (χ1) is 9.15. The van der Waals surface area contributed by atoms with Crippen LogP contribution in [0.5, 0.6) is 0 Å². The maximum absolute atomic E-state index is 11.5. The second-order valence-electron chi connectivity index (χ2n) is 4.58. The number of nitrogens with one attached hydrogen (secondary N) is 1.